The Morgan fingerprint density at radius 3 is 2.43 bits per heavy atom. The first-order chi connectivity index (χ1) is 6.86. The van der Waals surface area contributed by atoms with E-state index in [2.05, 4.69) is 4.90 Å². The topological polar surface area (TPSA) is 49.5 Å². The largest absolute Gasteiger partial charge is 0.396 e. The first kappa shape index (κ1) is 12.0. The van der Waals surface area contributed by atoms with Crippen LogP contribution in [0.5, 0.6) is 0 Å². The Bertz CT molecular complexity index is 133. The molecule has 0 aromatic rings. The molecule has 0 spiro atoms. The number of likely N-dealkylation sites (tertiary alicyclic amines) is 1. The molecule has 1 heterocycles. The Morgan fingerprint density at radius 1 is 1.14 bits per heavy atom. The van der Waals surface area contributed by atoms with Gasteiger partial charge in [-0.25, -0.2) is 0 Å². The lowest BCUT2D eigenvalue weighted by Gasteiger charge is -2.30. The third-order valence-electron chi connectivity index (χ3n) is 3.14. The van der Waals surface area contributed by atoms with Gasteiger partial charge in [0.25, 0.3) is 0 Å². The van der Waals surface area contributed by atoms with Crippen LogP contribution in [0.2, 0.25) is 0 Å². The fraction of sp³-hybridized carbons (Fsp3) is 1.00. The van der Waals surface area contributed by atoms with Gasteiger partial charge in [-0.15, -0.1) is 0 Å². The average Bonchev–Trinajstić information content (AvgIpc) is 2.25. The van der Waals surface area contributed by atoms with Crippen LogP contribution in [0, 0.1) is 5.92 Å². The van der Waals surface area contributed by atoms with E-state index in [9.17, 15) is 0 Å². The fourth-order valence-electron chi connectivity index (χ4n) is 2.05. The van der Waals surface area contributed by atoms with E-state index in [0.717, 1.165) is 13.0 Å². The summed E-state index contributed by atoms with van der Waals surface area (Å²) in [4.78, 5) is 2.52. The summed E-state index contributed by atoms with van der Waals surface area (Å²) in [5.41, 5.74) is 5.44. The molecule has 0 unspecified atom stereocenters. The summed E-state index contributed by atoms with van der Waals surface area (Å²) in [6.07, 6.45) is 6.05. The molecule has 1 rings (SSSR count). The highest BCUT2D eigenvalue weighted by Crippen LogP contribution is 2.16. The van der Waals surface area contributed by atoms with Crippen molar-refractivity contribution in [3.05, 3.63) is 0 Å². The molecule has 84 valence electrons. The number of aliphatic hydroxyl groups excluding tert-OH is 1. The molecular formula is C11H24N2O. The highest BCUT2D eigenvalue weighted by atomic mass is 16.3. The van der Waals surface area contributed by atoms with E-state index >= 15 is 0 Å². The maximum atomic E-state index is 8.99. The van der Waals surface area contributed by atoms with Crippen molar-refractivity contribution in [1.29, 1.82) is 0 Å². The third kappa shape index (κ3) is 4.40. The summed E-state index contributed by atoms with van der Waals surface area (Å²) in [6.45, 7) is 4.77. The highest BCUT2D eigenvalue weighted by molar-refractivity contribution is 4.71. The molecule has 14 heavy (non-hydrogen) atoms. The van der Waals surface area contributed by atoms with Gasteiger partial charge in [0.15, 0.2) is 0 Å². The van der Waals surface area contributed by atoms with Gasteiger partial charge < -0.3 is 15.7 Å². The van der Waals surface area contributed by atoms with Crippen LogP contribution < -0.4 is 5.73 Å². The minimum atomic E-state index is 0.376. The van der Waals surface area contributed by atoms with Gasteiger partial charge >= 0.3 is 0 Å². The summed E-state index contributed by atoms with van der Waals surface area (Å²) in [5.74, 6) is 0.565. The summed E-state index contributed by atoms with van der Waals surface area (Å²) in [5, 5.41) is 8.99. The Kier molecular flexibility index (Phi) is 6.15. The second-order valence-corrected chi connectivity index (χ2v) is 4.32. The van der Waals surface area contributed by atoms with Crippen LogP contribution in [-0.4, -0.2) is 42.8 Å². The van der Waals surface area contributed by atoms with Crippen molar-refractivity contribution in [2.24, 2.45) is 11.7 Å². The standard InChI is InChI=1S/C11H24N2O/c12-6-2-1-3-7-13-8-4-11(10-14)5-9-13/h11,14H,1-10,12H2. The molecule has 0 atom stereocenters. The van der Waals surface area contributed by atoms with Crippen molar-refractivity contribution in [2.75, 3.05) is 32.8 Å². The molecule has 1 fully saturated rings. The molecule has 1 aliphatic heterocycles. The van der Waals surface area contributed by atoms with E-state index in [1.54, 1.807) is 0 Å². The van der Waals surface area contributed by atoms with Crippen molar-refractivity contribution in [3.8, 4) is 0 Å². The van der Waals surface area contributed by atoms with Gasteiger partial charge in [0.2, 0.25) is 0 Å². The van der Waals surface area contributed by atoms with Crippen molar-refractivity contribution < 1.29 is 5.11 Å². The summed E-state index contributed by atoms with van der Waals surface area (Å²) >= 11 is 0. The van der Waals surface area contributed by atoms with Crippen molar-refractivity contribution in [1.82, 2.24) is 4.90 Å². The lowest BCUT2D eigenvalue weighted by molar-refractivity contribution is 0.130. The molecular weight excluding hydrogens is 176 g/mol. The van der Waals surface area contributed by atoms with E-state index in [1.165, 1.54) is 45.3 Å². The molecule has 1 aliphatic rings. The smallest absolute Gasteiger partial charge is 0.0460 e. The van der Waals surface area contributed by atoms with Crippen LogP contribution >= 0.6 is 0 Å². The fourth-order valence-corrected chi connectivity index (χ4v) is 2.05. The molecule has 3 N–H and O–H groups in total. The molecule has 3 heteroatoms. The van der Waals surface area contributed by atoms with E-state index in [1.807, 2.05) is 0 Å². The molecule has 0 aliphatic carbocycles. The lowest BCUT2D eigenvalue weighted by Crippen LogP contribution is -2.35. The van der Waals surface area contributed by atoms with Gasteiger partial charge in [-0.3, -0.25) is 0 Å². The van der Waals surface area contributed by atoms with Gasteiger partial charge in [-0.2, -0.15) is 0 Å². The molecule has 1 saturated heterocycles. The van der Waals surface area contributed by atoms with Crippen molar-refractivity contribution in [2.45, 2.75) is 32.1 Å². The first-order valence-corrected chi connectivity index (χ1v) is 5.90. The molecule has 0 saturated carbocycles. The predicted molar refractivity (Wildman–Crippen MR) is 59.2 cm³/mol. The summed E-state index contributed by atoms with van der Waals surface area (Å²) < 4.78 is 0. The predicted octanol–water partition coefficient (Wildman–Crippen LogP) is 0.820. The zero-order chi connectivity index (χ0) is 10.2. The van der Waals surface area contributed by atoms with Crippen molar-refractivity contribution >= 4 is 0 Å². The number of hydrogen-bond donors (Lipinski definition) is 2. The minimum Gasteiger partial charge on any atom is -0.396 e. The molecule has 0 aromatic carbocycles. The Hall–Kier alpha value is -0.120. The van der Waals surface area contributed by atoms with Gasteiger partial charge in [-0.1, -0.05) is 6.42 Å². The lowest BCUT2D eigenvalue weighted by atomic mass is 9.98. The minimum absolute atomic E-state index is 0.376. The van der Waals surface area contributed by atoms with Gasteiger partial charge in [0, 0.05) is 6.61 Å². The quantitative estimate of drug-likeness (QED) is 0.624. The van der Waals surface area contributed by atoms with Crippen LogP contribution in [-0.2, 0) is 0 Å². The first-order valence-electron chi connectivity index (χ1n) is 5.90. The number of aliphatic hydroxyl groups is 1. The van der Waals surface area contributed by atoms with E-state index in [0.29, 0.717) is 12.5 Å². The number of hydrogen-bond acceptors (Lipinski definition) is 3. The van der Waals surface area contributed by atoms with Crippen LogP contribution in [0.15, 0.2) is 0 Å². The Balaban J connectivity index is 1.98. The second kappa shape index (κ2) is 7.21. The SMILES string of the molecule is NCCCCCN1CCC(CO)CC1. The zero-order valence-electron chi connectivity index (χ0n) is 9.12. The second-order valence-electron chi connectivity index (χ2n) is 4.32. The Labute approximate surface area is 87.3 Å². The van der Waals surface area contributed by atoms with E-state index in [-0.39, 0.29) is 0 Å². The van der Waals surface area contributed by atoms with Gasteiger partial charge in [0.1, 0.15) is 0 Å². The number of rotatable bonds is 6. The molecule has 3 nitrogen and oxygen atoms in total. The van der Waals surface area contributed by atoms with Crippen molar-refractivity contribution in [3.63, 3.8) is 0 Å². The van der Waals surface area contributed by atoms with Crippen LogP contribution in [0.4, 0.5) is 0 Å². The highest BCUT2D eigenvalue weighted by Gasteiger charge is 2.17. The number of nitrogens with two attached hydrogens (primary N) is 1. The number of nitrogens with zero attached hydrogens (tertiary/aromatic N) is 1. The summed E-state index contributed by atoms with van der Waals surface area (Å²) in [6, 6.07) is 0. The summed E-state index contributed by atoms with van der Waals surface area (Å²) in [7, 11) is 0. The number of unbranched alkanes of at least 4 members (excludes halogenated alkanes) is 2. The maximum absolute atomic E-state index is 8.99. The van der Waals surface area contributed by atoms with Crippen LogP contribution in [0.3, 0.4) is 0 Å². The monoisotopic (exact) mass is 200 g/mol. The Morgan fingerprint density at radius 2 is 1.86 bits per heavy atom. The van der Waals surface area contributed by atoms with Gasteiger partial charge in [0.05, 0.1) is 0 Å². The van der Waals surface area contributed by atoms with Crippen LogP contribution in [0.1, 0.15) is 32.1 Å². The molecule has 0 radical (unpaired) electrons. The number of piperidine rings is 1. The van der Waals surface area contributed by atoms with E-state index in [4.69, 9.17) is 10.8 Å². The zero-order valence-corrected chi connectivity index (χ0v) is 9.12. The maximum Gasteiger partial charge on any atom is 0.0460 e. The molecule has 0 bridgehead atoms. The van der Waals surface area contributed by atoms with Crippen LogP contribution in [0.25, 0.3) is 0 Å². The third-order valence-corrected chi connectivity index (χ3v) is 3.14. The normalized spacial score (nSPS) is 20.1. The van der Waals surface area contributed by atoms with Gasteiger partial charge in [-0.05, 0) is 57.8 Å². The van der Waals surface area contributed by atoms with E-state index < -0.39 is 0 Å². The molecule has 0 amide bonds. The molecule has 0 aromatic heterocycles. The average molecular weight is 200 g/mol.